The smallest absolute Gasteiger partial charge is 0.0545 e. The highest BCUT2D eigenvalue weighted by molar-refractivity contribution is 5.99. The molecule has 0 N–H and O–H groups in total. The Balaban J connectivity index is 1.44. The number of fused-ring (bicyclic) bond motifs is 4. The van der Waals surface area contributed by atoms with Crippen LogP contribution in [0.15, 0.2) is 158 Å². The molecule has 0 spiro atoms. The van der Waals surface area contributed by atoms with E-state index in [4.69, 9.17) is 0 Å². The lowest BCUT2D eigenvalue weighted by Crippen LogP contribution is -2.29. The van der Waals surface area contributed by atoms with Gasteiger partial charge in [-0.05, 0) is 110 Å². The number of anilines is 9. The van der Waals surface area contributed by atoms with Crippen LogP contribution in [0.25, 0.3) is 0 Å². The maximum atomic E-state index is 2.52. The van der Waals surface area contributed by atoms with E-state index in [9.17, 15) is 0 Å². The van der Waals surface area contributed by atoms with Crippen molar-refractivity contribution in [1.29, 1.82) is 0 Å². The molecule has 0 saturated heterocycles. The van der Waals surface area contributed by atoms with Crippen molar-refractivity contribution in [3.63, 3.8) is 0 Å². The summed E-state index contributed by atoms with van der Waals surface area (Å²) in [4.78, 5) is 7.49. The molecule has 0 fully saturated rings. The van der Waals surface area contributed by atoms with Crippen molar-refractivity contribution in [2.45, 2.75) is 33.6 Å². The molecular weight excluding hydrogens is 607 g/mol. The molecule has 50 heavy (non-hydrogen) atoms. The highest BCUT2D eigenvalue weighted by Crippen LogP contribution is 2.61. The van der Waals surface area contributed by atoms with Crippen LogP contribution in [0.2, 0.25) is 0 Å². The molecule has 7 aromatic rings. The predicted octanol–water partition coefficient (Wildman–Crippen LogP) is 13.1. The summed E-state index contributed by atoms with van der Waals surface area (Å²) < 4.78 is 0. The van der Waals surface area contributed by atoms with E-state index < -0.39 is 0 Å². The third-order valence-electron chi connectivity index (χ3n) is 10.5. The van der Waals surface area contributed by atoms with Crippen molar-refractivity contribution < 1.29 is 0 Å². The Hall–Kier alpha value is -6.06. The molecule has 2 aliphatic heterocycles. The summed E-state index contributed by atoms with van der Waals surface area (Å²) in [5, 5.41) is 0. The van der Waals surface area contributed by atoms with Crippen LogP contribution in [-0.4, -0.2) is 0 Å². The summed E-state index contributed by atoms with van der Waals surface area (Å²) in [5.41, 5.74) is 19.6. The monoisotopic (exact) mass is 645 g/mol. The molecule has 0 aliphatic carbocycles. The van der Waals surface area contributed by atoms with E-state index in [0.29, 0.717) is 0 Å². The van der Waals surface area contributed by atoms with Crippen LogP contribution in [0, 0.1) is 27.7 Å². The lowest BCUT2D eigenvalue weighted by molar-refractivity contribution is 0.908. The zero-order valence-corrected chi connectivity index (χ0v) is 28.9. The van der Waals surface area contributed by atoms with Gasteiger partial charge in [0.1, 0.15) is 0 Å². The standard InChI is InChI=1S/C47H39N3/c1-31-17-15-18-32(2)46(31)50(47-33(3)19-16-20-34(47)4)37-29-42-45-43(30-37)49(36-23-9-6-10-24-36)41-28-14-12-26-39(41)44(45)38-25-11-13-27-40(38)48(42)35-21-7-5-8-22-35/h5-30,44H,1-4H3. The molecule has 0 atom stereocenters. The van der Waals surface area contributed by atoms with Gasteiger partial charge in [0, 0.05) is 22.9 Å². The Labute approximate surface area is 295 Å². The van der Waals surface area contributed by atoms with Crippen molar-refractivity contribution in [2.75, 3.05) is 14.7 Å². The second kappa shape index (κ2) is 11.8. The first-order valence-corrected chi connectivity index (χ1v) is 17.5. The van der Waals surface area contributed by atoms with Gasteiger partial charge in [0.2, 0.25) is 0 Å². The van der Waals surface area contributed by atoms with Gasteiger partial charge in [-0.1, -0.05) is 109 Å². The Kier molecular flexibility index (Phi) is 7.10. The molecule has 0 aromatic heterocycles. The van der Waals surface area contributed by atoms with Crippen LogP contribution in [0.3, 0.4) is 0 Å². The molecular formula is C47H39N3. The first-order chi connectivity index (χ1) is 24.5. The van der Waals surface area contributed by atoms with Crippen LogP contribution in [0.1, 0.15) is 44.9 Å². The molecule has 3 heteroatoms. The number of hydrogen-bond acceptors (Lipinski definition) is 3. The molecule has 3 nitrogen and oxygen atoms in total. The maximum absolute atomic E-state index is 2.52. The van der Waals surface area contributed by atoms with E-state index in [1.165, 1.54) is 73.1 Å². The van der Waals surface area contributed by atoms with Crippen molar-refractivity contribution in [1.82, 2.24) is 0 Å². The quantitative estimate of drug-likeness (QED) is 0.184. The first-order valence-electron chi connectivity index (χ1n) is 17.5. The van der Waals surface area contributed by atoms with Crippen LogP contribution in [-0.2, 0) is 0 Å². The van der Waals surface area contributed by atoms with Crippen LogP contribution in [0.5, 0.6) is 0 Å². The first kappa shape index (κ1) is 30.0. The van der Waals surface area contributed by atoms with E-state index in [2.05, 4.69) is 200 Å². The summed E-state index contributed by atoms with van der Waals surface area (Å²) >= 11 is 0. The van der Waals surface area contributed by atoms with Crippen LogP contribution >= 0.6 is 0 Å². The van der Waals surface area contributed by atoms with Crippen molar-refractivity contribution in [2.24, 2.45) is 0 Å². The normalized spacial score (nSPS) is 13.0. The van der Waals surface area contributed by atoms with Gasteiger partial charge in [-0.2, -0.15) is 0 Å². The zero-order valence-electron chi connectivity index (χ0n) is 28.9. The van der Waals surface area contributed by atoms with E-state index >= 15 is 0 Å². The Morgan fingerprint density at radius 2 is 0.780 bits per heavy atom. The van der Waals surface area contributed by atoms with E-state index in [0.717, 1.165) is 17.1 Å². The average Bonchev–Trinajstić information content (AvgIpc) is 3.14. The fraction of sp³-hybridized carbons (Fsp3) is 0.106. The molecule has 0 radical (unpaired) electrons. The van der Waals surface area contributed by atoms with Gasteiger partial charge >= 0.3 is 0 Å². The Bertz CT molecular complexity index is 2190. The van der Waals surface area contributed by atoms with Crippen molar-refractivity contribution in [3.8, 4) is 0 Å². The predicted molar refractivity (Wildman–Crippen MR) is 210 cm³/mol. The van der Waals surface area contributed by atoms with E-state index in [1.807, 2.05) is 0 Å². The van der Waals surface area contributed by atoms with Crippen molar-refractivity contribution in [3.05, 3.63) is 197 Å². The van der Waals surface area contributed by atoms with Gasteiger partial charge in [-0.25, -0.2) is 0 Å². The van der Waals surface area contributed by atoms with Gasteiger partial charge in [0.15, 0.2) is 0 Å². The Morgan fingerprint density at radius 3 is 1.20 bits per heavy atom. The molecule has 0 bridgehead atoms. The minimum atomic E-state index is 0.0789. The molecule has 0 unspecified atom stereocenters. The highest BCUT2D eigenvalue weighted by Gasteiger charge is 2.41. The van der Waals surface area contributed by atoms with Gasteiger partial charge in [-0.3, -0.25) is 0 Å². The van der Waals surface area contributed by atoms with Gasteiger partial charge < -0.3 is 14.7 Å². The molecule has 0 saturated carbocycles. The summed E-state index contributed by atoms with van der Waals surface area (Å²) in [6.45, 7) is 8.95. The summed E-state index contributed by atoms with van der Waals surface area (Å²) in [6.07, 6.45) is 0. The number of rotatable bonds is 5. The summed E-state index contributed by atoms with van der Waals surface area (Å²) in [5.74, 6) is 0.0789. The number of benzene rings is 7. The zero-order chi connectivity index (χ0) is 33.9. The number of hydrogen-bond donors (Lipinski definition) is 0. The molecule has 0 amide bonds. The third-order valence-corrected chi connectivity index (χ3v) is 10.5. The molecule has 2 heterocycles. The van der Waals surface area contributed by atoms with Gasteiger partial charge in [0.25, 0.3) is 0 Å². The number of aryl methyl sites for hydroxylation is 4. The molecule has 7 aromatic carbocycles. The minimum Gasteiger partial charge on any atom is -0.310 e. The van der Waals surface area contributed by atoms with E-state index in [1.54, 1.807) is 0 Å². The molecule has 2 aliphatic rings. The maximum Gasteiger partial charge on any atom is 0.0545 e. The molecule has 9 rings (SSSR count). The van der Waals surface area contributed by atoms with Crippen molar-refractivity contribution >= 4 is 51.2 Å². The van der Waals surface area contributed by atoms with Gasteiger partial charge in [-0.15, -0.1) is 0 Å². The SMILES string of the molecule is Cc1cccc(C)c1N(c1cc2c3c(c1)N(c1ccccc1)c1ccccc1C3c1ccccc1N2c1ccccc1)c1c(C)cccc1C. The summed E-state index contributed by atoms with van der Waals surface area (Å²) in [7, 11) is 0. The topological polar surface area (TPSA) is 9.72 Å². The van der Waals surface area contributed by atoms with E-state index in [-0.39, 0.29) is 5.92 Å². The number of para-hydroxylation sites is 6. The fourth-order valence-corrected chi connectivity index (χ4v) is 8.41. The fourth-order valence-electron chi connectivity index (χ4n) is 8.41. The Morgan fingerprint density at radius 1 is 0.400 bits per heavy atom. The van der Waals surface area contributed by atoms with Gasteiger partial charge in [0.05, 0.1) is 39.8 Å². The second-order valence-electron chi connectivity index (χ2n) is 13.6. The molecule has 242 valence electrons. The van der Waals surface area contributed by atoms with Crippen LogP contribution in [0.4, 0.5) is 51.2 Å². The average molecular weight is 646 g/mol. The number of nitrogens with zero attached hydrogens (tertiary/aromatic N) is 3. The summed E-state index contributed by atoms with van der Waals surface area (Å²) in [6, 6.07) is 57.9. The lowest BCUT2D eigenvalue weighted by Gasteiger charge is -2.46. The lowest BCUT2D eigenvalue weighted by atomic mass is 9.75. The minimum absolute atomic E-state index is 0.0789. The van der Waals surface area contributed by atoms with Crippen LogP contribution < -0.4 is 14.7 Å². The third kappa shape index (κ3) is 4.58. The highest BCUT2D eigenvalue weighted by atomic mass is 15.2. The largest absolute Gasteiger partial charge is 0.310 e. The second-order valence-corrected chi connectivity index (χ2v) is 13.6.